The van der Waals surface area contributed by atoms with Gasteiger partial charge in [0.05, 0.1) is 22.4 Å². The molecule has 4 nitrogen and oxygen atoms in total. The summed E-state index contributed by atoms with van der Waals surface area (Å²) >= 11 is 0. The SMILES string of the molecule is c1ccc(-c2ccc(N(c3ccccc3)c3c4ccn5ccc(c6c(N(c7ccccc7)c7ccc(-c8ccccc8)cc7)c7ccn8ccc(c36)c78)c45)cc2)cc1. The summed E-state index contributed by atoms with van der Waals surface area (Å²) in [5, 5.41) is 7.33. The highest BCUT2D eigenvalue weighted by atomic mass is 15.2. The average Bonchev–Trinajstić information content (AvgIpc) is 4.11. The van der Waals surface area contributed by atoms with E-state index in [1.807, 2.05) is 0 Å². The van der Waals surface area contributed by atoms with Gasteiger partial charge in [0.2, 0.25) is 0 Å². The normalized spacial score (nSPS) is 11.8. The topological polar surface area (TPSA) is 15.3 Å². The summed E-state index contributed by atoms with van der Waals surface area (Å²) in [4.78, 5) is 4.96. The summed E-state index contributed by atoms with van der Waals surface area (Å²) in [6, 6.07) is 70.3. The zero-order valence-electron chi connectivity index (χ0n) is 31.6. The predicted molar refractivity (Wildman–Crippen MR) is 243 cm³/mol. The Hall–Kier alpha value is -7.82. The Labute approximate surface area is 336 Å². The number of hydrogen-bond donors (Lipinski definition) is 0. The van der Waals surface area contributed by atoms with Gasteiger partial charge in [0.1, 0.15) is 0 Å². The van der Waals surface area contributed by atoms with E-state index in [4.69, 9.17) is 0 Å². The van der Waals surface area contributed by atoms with E-state index in [0.29, 0.717) is 0 Å². The number of aromatic nitrogens is 2. The fourth-order valence-corrected chi connectivity index (χ4v) is 9.30. The summed E-state index contributed by atoms with van der Waals surface area (Å²) in [5.41, 5.74) is 14.0. The number of rotatable bonds is 8. The minimum atomic E-state index is 1.10. The van der Waals surface area contributed by atoms with Gasteiger partial charge in [0.25, 0.3) is 0 Å². The molecule has 0 fully saturated rings. The van der Waals surface area contributed by atoms with Crippen LogP contribution in [0.4, 0.5) is 34.1 Å². The molecule has 8 aromatic carbocycles. The Bertz CT molecular complexity index is 3120. The van der Waals surface area contributed by atoms with Crippen LogP contribution >= 0.6 is 0 Å². The maximum absolute atomic E-state index is 2.48. The molecule has 0 bridgehead atoms. The average molecular weight is 741 g/mol. The van der Waals surface area contributed by atoms with Gasteiger partial charge in [-0.15, -0.1) is 0 Å². The third kappa shape index (κ3) is 4.88. The molecule has 4 heteroatoms. The van der Waals surface area contributed by atoms with Gasteiger partial charge >= 0.3 is 0 Å². The van der Waals surface area contributed by atoms with Gasteiger partial charge in [-0.1, -0.05) is 121 Å². The van der Waals surface area contributed by atoms with Gasteiger partial charge in [-0.05, 0) is 95.1 Å². The van der Waals surface area contributed by atoms with E-state index in [-0.39, 0.29) is 0 Å². The molecule has 0 aliphatic carbocycles. The van der Waals surface area contributed by atoms with Crippen molar-refractivity contribution in [2.24, 2.45) is 0 Å². The van der Waals surface area contributed by atoms with Crippen LogP contribution in [0.3, 0.4) is 0 Å². The molecular formula is C54H36N4. The summed E-state index contributed by atoms with van der Waals surface area (Å²) in [7, 11) is 0. The molecule has 12 rings (SSSR count). The number of fused-ring (bicyclic) bond motifs is 3. The van der Waals surface area contributed by atoms with E-state index in [1.54, 1.807) is 0 Å². The standard InChI is InChI=1S/C54H36N4/c1-5-13-37(14-6-1)39-21-25-43(26-22-39)57(41-17-9-3-10-18-41)53-47-31-35-55-34-30-46(51(47)55)50-49(53)45-29-33-56-36-32-48(52(45)56)54(50)58(42-19-11-4-12-20-42)44-27-23-40(24-28-44)38-15-7-2-8-16-38/h1-36H. The third-order valence-corrected chi connectivity index (χ3v) is 11.9. The molecule has 0 radical (unpaired) electrons. The molecule has 0 saturated heterocycles. The zero-order chi connectivity index (χ0) is 38.2. The van der Waals surface area contributed by atoms with Crippen molar-refractivity contribution in [3.8, 4) is 22.3 Å². The number of benzene rings is 8. The van der Waals surface area contributed by atoms with Crippen LogP contribution in [0.1, 0.15) is 0 Å². The van der Waals surface area contributed by atoms with Crippen molar-refractivity contribution in [3.63, 3.8) is 0 Å². The van der Waals surface area contributed by atoms with Crippen LogP contribution in [-0.4, -0.2) is 8.80 Å². The second-order valence-corrected chi connectivity index (χ2v) is 15.0. The van der Waals surface area contributed by atoms with Gasteiger partial charge in [-0.3, -0.25) is 0 Å². The van der Waals surface area contributed by atoms with Crippen LogP contribution in [-0.2, 0) is 0 Å². The molecule has 0 saturated carbocycles. The second-order valence-electron chi connectivity index (χ2n) is 15.0. The first-order valence-electron chi connectivity index (χ1n) is 19.8. The van der Waals surface area contributed by atoms with E-state index in [9.17, 15) is 0 Å². The van der Waals surface area contributed by atoms with E-state index in [0.717, 1.165) is 22.7 Å². The number of para-hydroxylation sites is 2. The van der Waals surface area contributed by atoms with Gasteiger partial charge in [0, 0.05) is 79.9 Å². The fraction of sp³-hybridized carbons (Fsp3) is 0. The summed E-state index contributed by atoms with van der Waals surface area (Å²) in [6.45, 7) is 0. The molecule has 0 atom stereocenters. The van der Waals surface area contributed by atoms with Crippen molar-refractivity contribution in [1.82, 2.24) is 8.80 Å². The maximum Gasteiger partial charge on any atom is 0.0642 e. The molecule has 0 aliphatic heterocycles. The lowest BCUT2D eigenvalue weighted by Crippen LogP contribution is -2.13. The Morgan fingerprint density at radius 3 is 0.914 bits per heavy atom. The molecule has 0 spiro atoms. The molecular weight excluding hydrogens is 705 g/mol. The van der Waals surface area contributed by atoms with Crippen molar-refractivity contribution in [3.05, 3.63) is 219 Å². The Morgan fingerprint density at radius 2 is 0.552 bits per heavy atom. The van der Waals surface area contributed by atoms with Crippen LogP contribution in [0.5, 0.6) is 0 Å². The minimum absolute atomic E-state index is 1.10. The number of anilines is 6. The molecule has 0 amide bonds. The van der Waals surface area contributed by atoms with Gasteiger partial charge in [-0.25, -0.2) is 0 Å². The lowest BCUT2D eigenvalue weighted by Gasteiger charge is -2.32. The molecule has 0 aliphatic rings. The number of hydrogen-bond acceptors (Lipinski definition) is 2. The third-order valence-electron chi connectivity index (χ3n) is 11.9. The predicted octanol–water partition coefficient (Wildman–Crippen LogP) is 14.8. The summed E-state index contributed by atoms with van der Waals surface area (Å²) in [5.74, 6) is 0. The van der Waals surface area contributed by atoms with E-state index >= 15 is 0 Å². The van der Waals surface area contributed by atoms with Crippen LogP contribution in [0, 0.1) is 0 Å². The van der Waals surface area contributed by atoms with Crippen LogP contribution in [0.15, 0.2) is 219 Å². The van der Waals surface area contributed by atoms with Gasteiger partial charge < -0.3 is 18.6 Å². The van der Waals surface area contributed by atoms with Crippen LogP contribution in [0.25, 0.3) is 65.6 Å². The maximum atomic E-state index is 2.48. The Kier molecular flexibility index (Phi) is 7.20. The Morgan fingerprint density at radius 1 is 0.259 bits per heavy atom. The largest absolute Gasteiger partial charge is 0.323 e. The van der Waals surface area contributed by atoms with Crippen molar-refractivity contribution in [2.45, 2.75) is 0 Å². The van der Waals surface area contributed by atoms with Crippen molar-refractivity contribution < 1.29 is 0 Å². The van der Waals surface area contributed by atoms with Gasteiger partial charge in [0.15, 0.2) is 0 Å². The lowest BCUT2D eigenvalue weighted by atomic mass is 9.93. The van der Waals surface area contributed by atoms with Crippen molar-refractivity contribution in [2.75, 3.05) is 9.80 Å². The fourth-order valence-electron chi connectivity index (χ4n) is 9.30. The van der Waals surface area contributed by atoms with E-state index in [2.05, 4.69) is 238 Å². The Balaban J connectivity index is 1.20. The molecule has 12 aromatic rings. The van der Waals surface area contributed by atoms with Crippen molar-refractivity contribution >= 4 is 77.5 Å². The zero-order valence-corrected chi connectivity index (χ0v) is 31.6. The number of nitrogens with zero attached hydrogens (tertiary/aromatic N) is 4. The van der Waals surface area contributed by atoms with Crippen molar-refractivity contribution in [1.29, 1.82) is 0 Å². The quantitative estimate of drug-likeness (QED) is 0.154. The molecule has 4 aromatic heterocycles. The first kappa shape index (κ1) is 32.4. The molecule has 0 N–H and O–H groups in total. The van der Waals surface area contributed by atoms with E-state index in [1.165, 1.54) is 77.0 Å². The highest BCUT2D eigenvalue weighted by Crippen LogP contribution is 2.55. The summed E-state index contributed by atoms with van der Waals surface area (Å²) < 4.78 is 4.59. The first-order chi connectivity index (χ1) is 28.8. The monoisotopic (exact) mass is 740 g/mol. The molecule has 4 heterocycles. The highest BCUT2D eigenvalue weighted by molar-refractivity contribution is 6.37. The molecule has 58 heavy (non-hydrogen) atoms. The van der Waals surface area contributed by atoms with E-state index < -0.39 is 0 Å². The molecule has 0 unspecified atom stereocenters. The first-order valence-corrected chi connectivity index (χ1v) is 19.8. The smallest absolute Gasteiger partial charge is 0.0642 e. The minimum Gasteiger partial charge on any atom is -0.323 e. The summed E-state index contributed by atoms with van der Waals surface area (Å²) in [6.07, 6.45) is 8.87. The van der Waals surface area contributed by atoms with Crippen LogP contribution in [0.2, 0.25) is 0 Å². The molecule has 272 valence electrons. The lowest BCUT2D eigenvalue weighted by molar-refractivity contribution is 1.24. The van der Waals surface area contributed by atoms with Crippen LogP contribution < -0.4 is 9.80 Å². The second kappa shape index (κ2) is 12.9. The highest BCUT2D eigenvalue weighted by Gasteiger charge is 2.30. The van der Waals surface area contributed by atoms with Gasteiger partial charge in [-0.2, -0.15) is 0 Å².